The van der Waals surface area contributed by atoms with Gasteiger partial charge in [-0.2, -0.15) is 5.10 Å². The Morgan fingerprint density at radius 3 is 2.68 bits per heavy atom. The molecule has 0 spiro atoms. The highest BCUT2D eigenvalue weighted by atomic mass is 35.5. The van der Waals surface area contributed by atoms with Gasteiger partial charge >= 0.3 is 0 Å². The van der Waals surface area contributed by atoms with Crippen molar-refractivity contribution in [3.8, 4) is 17.0 Å². The van der Waals surface area contributed by atoms with Crippen molar-refractivity contribution in [2.24, 2.45) is 0 Å². The first-order valence-corrected chi connectivity index (χ1v) is 8.95. The van der Waals surface area contributed by atoms with E-state index in [1.54, 1.807) is 6.20 Å². The molecule has 0 unspecified atom stereocenters. The lowest BCUT2D eigenvalue weighted by Crippen LogP contribution is -2.07. The number of pyridine rings is 1. The molecular weight excluding hydrogens is 357 g/mol. The van der Waals surface area contributed by atoms with Crippen molar-refractivity contribution in [1.29, 1.82) is 0 Å². The molecule has 0 atom stereocenters. The quantitative estimate of drug-likeness (QED) is 0.589. The van der Waals surface area contributed by atoms with E-state index >= 15 is 0 Å². The number of benzene rings is 1. The molecule has 0 saturated heterocycles. The molecule has 0 fully saturated rings. The third-order valence-corrected chi connectivity index (χ3v) is 4.44. The van der Waals surface area contributed by atoms with Gasteiger partial charge in [0.15, 0.2) is 0 Å². The zero-order valence-electron chi connectivity index (χ0n) is 14.2. The summed E-state index contributed by atoms with van der Waals surface area (Å²) in [7, 11) is 0. The minimum atomic E-state index is 0.550. The second kappa shape index (κ2) is 7.89. The summed E-state index contributed by atoms with van der Waals surface area (Å²) in [5.41, 5.74) is 3.92. The van der Waals surface area contributed by atoms with Gasteiger partial charge in [-0.05, 0) is 42.7 Å². The van der Waals surface area contributed by atoms with Crippen molar-refractivity contribution in [2.45, 2.75) is 26.8 Å². The largest absolute Gasteiger partial charge is 0.478 e. The van der Waals surface area contributed by atoms with Crippen LogP contribution in [0.1, 0.15) is 25.1 Å². The van der Waals surface area contributed by atoms with E-state index in [1.165, 1.54) is 0 Å². The fraction of sp³-hybridized carbons (Fsp3) is 0.263. The zero-order chi connectivity index (χ0) is 17.8. The maximum absolute atomic E-state index is 6.19. The molecule has 130 valence electrons. The number of nitrogens with zero attached hydrogens (tertiary/aromatic N) is 3. The summed E-state index contributed by atoms with van der Waals surface area (Å²) in [6.07, 6.45) is 4.32. The molecule has 2 aromatic heterocycles. The van der Waals surface area contributed by atoms with E-state index in [1.807, 2.05) is 42.1 Å². The minimum absolute atomic E-state index is 0.550. The van der Waals surface area contributed by atoms with Gasteiger partial charge in [-0.1, -0.05) is 42.3 Å². The first-order chi connectivity index (χ1) is 12.1. The number of hydrogen-bond acceptors (Lipinski definition) is 3. The van der Waals surface area contributed by atoms with Crippen molar-refractivity contribution in [3.05, 3.63) is 64.0 Å². The normalized spacial score (nSPS) is 10.9. The fourth-order valence-corrected chi connectivity index (χ4v) is 3.21. The van der Waals surface area contributed by atoms with Gasteiger partial charge in [0.1, 0.15) is 0 Å². The Labute approximate surface area is 157 Å². The Kier molecular flexibility index (Phi) is 5.61. The molecule has 0 N–H and O–H groups in total. The highest BCUT2D eigenvalue weighted by Crippen LogP contribution is 2.31. The number of hydrogen-bond donors (Lipinski definition) is 0. The first kappa shape index (κ1) is 17.8. The summed E-state index contributed by atoms with van der Waals surface area (Å²) in [6, 6.07) is 9.74. The highest BCUT2D eigenvalue weighted by molar-refractivity contribution is 6.31. The van der Waals surface area contributed by atoms with Gasteiger partial charge in [0.25, 0.3) is 0 Å². The van der Waals surface area contributed by atoms with Crippen molar-refractivity contribution < 1.29 is 4.74 Å². The molecule has 3 rings (SSSR count). The van der Waals surface area contributed by atoms with Crippen LogP contribution in [0.2, 0.25) is 10.0 Å². The van der Waals surface area contributed by atoms with Gasteiger partial charge in [0.2, 0.25) is 5.88 Å². The van der Waals surface area contributed by atoms with Crippen LogP contribution in [0.4, 0.5) is 0 Å². The smallest absolute Gasteiger partial charge is 0.221 e. The topological polar surface area (TPSA) is 39.9 Å². The molecule has 1 aromatic carbocycles. The van der Waals surface area contributed by atoms with Crippen molar-refractivity contribution in [1.82, 2.24) is 14.8 Å². The number of rotatable bonds is 6. The summed E-state index contributed by atoms with van der Waals surface area (Å²) in [6.45, 7) is 5.15. The molecule has 3 aromatic rings. The summed E-state index contributed by atoms with van der Waals surface area (Å²) < 4.78 is 7.59. The van der Waals surface area contributed by atoms with Crippen LogP contribution in [0.3, 0.4) is 0 Å². The molecule has 6 heteroatoms. The van der Waals surface area contributed by atoms with Gasteiger partial charge in [-0.25, -0.2) is 4.98 Å². The first-order valence-electron chi connectivity index (χ1n) is 8.20. The van der Waals surface area contributed by atoms with Crippen LogP contribution >= 0.6 is 23.2 Å². The average molecular weight is 376 g/mol. The predicted molar refractivity (Wildman–Crippen MR) is 102 cm³/mol. The SMILES string of the molecule is CCOc1ncc(Cn2ncc(Cl)c2CC)cc1-c1cccc(Cl)c1. The Bertz CT molecular complexity index is 877. The Hall–Kier alpha value is -2.04. The molecule has 0 aliphatic carbocycles. The van der Waals surface area contributed by atoms with Crippen molar-refractivity contribution in [2.75, 3.05) is 6.61 Å². The summed E-state index contributed by atoms with van der Waals surface area (Å²) in [5, 5.41) is 5.73. The molecule has 2 heterocycles. The average Bonchev–Trinajstić information content (AvgIpc) is 2.96. The molecule has 0 aliphatic rings. The van der Waals surface area contributed by atoms with Gasteiger partial charge in [0, 0.05) is 16.8 Å². The zero-order valence-corrected chi connectivity index (χ0v) is 15.7. The molecule has 25 heavy (non-hydrogen) atoms. The standard InChI is InChI=1S/C19H19Cl2N3O/c1-3-18-17(21)11-23-24(18)12-13-8-16(19(22-10-13)25-4-2)14-6-5-7-15(20)9-14/h5-11H,3-4,12H2,1-2H3. The predicted octanol–water partition coefficient (Wildman–Crippen LogP) is 5.26. The van der Waals surface area contributed by atoms with Crippen LogP contribution in [0.5, 0.6) is 5.88 Å². The summed E-state index contributed by atoms with van der Waals surface area (Å²) in [4.78, 5) is 4.49. The molecule has 4 nitrogen and oxygen atoms in total. The van der Waals surface area contributed by atoms with E-state index in [0.29, 0.717) is 29.1 Å². The highest BCUT2D eigenvalue weighted by Gasteiger charge is 2.12. The van der Waals surface area contributed by atoms with Crippen LogP contribution < -0.4 is 4.74 Å². The third-order valence-electron chi connectivity index (χ3n) is 3.89. The van der Waals surface area contributed by atoms with Crippen molar-refractivity contribution >= 4 is 23.2 Å². The second-order valence-corrected chi connectivity index (χ2v) is 6.43. The van der Waals surface area contributed by atoms with E-state index < -0.39 is 0 Å². The van der Waals surface area contributed by atoms with Crippen molar-refractivity contribution in [3.63, 3.8) is 0 Å². The lowest BCUT2D eigenvalue weighted by atomic mass is 10.1. The van der Waals surface area contributed by atoms with Crippen LogP contribution in [0.15, 0.2) is 42.7 Å². The molecule has 0 aliphatic heterocycles. The molecule has 0 bridgehead atoms. The lowest BCUT2D eigenvalue weighted by Gasteiger charge is -2.13. The summed E-state index contributed by atoms with van der Waals surface area (Å²) >= 11 is 12.3. The van der Waals surface area contributed by atoms with Crippen LogP contribution in [0, 0.1) is 0 Å². The van der Waals surface area contributed by atoms with E-state index in [2.05, 4.69) is 23.1 Å². The number of aromatic nitrogens is 3. The summed E-state index contributed by atoms with van der Waals surface area (Å²) in [5.74, 6) is 0.600. The number of halogens is 2. The van der Waals surface area contributed by atoms with E-state index in [9.17, 15) is 0 Å². The third kappa shape index (κ3) is 3.97. The van der Waals surface area contributed by atoms with Gasteiger partial charge < -0.3 is 4.74 Å². The minimum Gasteiger partial charge on any atom is -0.478 e. The second-order valence-electron chi connectivity index (χ2n) is 5.59. The fourth-order valence-electron chi connectivity index (χ4n) is 2.74. The van der Waals surface area contributed by atoms with Crippen LogP contribution in [-0.2, 0) is 13.0 Å². The van der Waals surface area contributed by atoms with E-state index in [-0.39, 0.29) is 0 Å². The monoisotopic (exact) mass is 375 g/mol. The molecule has 0 saturated carbocycles. The lowest BCUT2D eigenvalue weighted by molar-refractivity contribution is 0.328. The van der Waals surface area contributed by atoms with Gasteiger partial charge in [-0.15, -0.1) is 0 Å². The van der Waals surface area contributed by atoms with E-state index in [0.717, 1.165) is 28.8 Å². The van der Waals surface area contributed by atoms with E-state index in [4.69, 9.17) is 27.9 Å². The Morgan fingerprint density at radius 1 is 1.12 bits per heavy atom. The van der Waals surface area contributed by atoms with Gasteiger partial charge in [-0.3, -0.25) is 4.68 Å². The van der Waals surface area contributed by atoms with Crippen LogP contribution in [-0.4, -0.2) is 21.4 Å². The maximum Gasteiger partial charge on any atom is 0.221 e. The molecular formula is C19H19Cl2N3O. The Balaban J connectivity index is 2.00. The van der Waals surface area contributed by atoms with Gasteiger partial charge in [0.05, 0.1) is 30.1 Å². The Morgan fingerprint density at radius 2 is 1.96 bits per heavy atom. The molecule has 0 radical (unpaired) electrons. The molecule has 0 amide bonds. The van der Waals surface area contributed by atoms with Crippen LogP contribution in [0.25, 0.3) is 11.1 Å². The number of ether oxygens (including phenoxy) is 1. The maximum atomic E-state index is 6.19.